The van der Waals surface area contributed by atoms with E-state index in [1.54, 1.807) is 25.8 Å². The summed E-state index contributed by atoms with van der Waals surface area (Å²) in [4.78, 5) is 25.3. The molecule has 0 spiro atoms. The number of nitrogens with one attached hydrogen (secondary N) is 1. The number of likely N-dealkylation sites (N-methyl/N-ethyl adjacent to an activating group) is 1. The minimum atomic E-state index is -0.684. The Kier molecular flexibility index (Phi) is 5.41. The molecule has 0 saturated carbocycles. The van der Waals surface area contributed by atoms with Crippen LogP contribution in [-0.4, -0.2) is 49.1 Å². The monoisotopic (exact) mass is 242 g/mol. The molecular formula is C12H22N2O3. The minimum absolute atomic E-state index is 0.0821. The first-order valence-corrected chi connectivity index (χ1v) is 6.22. The predicted octanol–water partition coefficient (Wildman–Crippen LogP) is 0.538. The number of esters is 1. The largest absolute Gasteiger partial charge is 0.451 e. The van der Waals surface area contributed by atoms with Gasteiger partial charge < -0.3 is 15.0 Å². The van der Waals surface area contributed by atoms with Crippen molar-refractivity contribution in [3.05, 3.63) is 0 Å². The van der Waals surface area contributed by atoms with Gasteiger partial charge in [-0.1, -0.05) is 0 Å². The quantitative estimate of drug-likeness (QED) is 0.731. The molecule has 0 aromatic rings. The number of carbonyl (C=O) groups is 2. The minimum Gasteiger partial charge on any atom is -0.451 e. The molecule has 1 aliphatic heterocycles. The fourth-order valence-electron chi connectivity index (χ4n) is 1.82. The first-order chi connectivity index (χ1) is 8.06. The summed E-state index contributed by atoms with van der Waals surface area (Å²) in [7, 11) is 1.68. The van der Waals surface area contributed by atoms with E-state index in [2.05, 4.69) is 5.32 Å². The summed E-state index contributed by atoms with van der Waals surface area (Å²) >= 11 is 0. The van der Waals surface area contributed by atoms with Gasteiger partial charge >= 0.3 is 5.97 Å². The zero-order valence-corrected chi connectivity index (χ0v) is 10.9. The lowest BCUT2D eigenvalue weighted by Gasteiger charge is -2.29. The zero-order valence-electron chi connectivity index (χ0n) is 10.9. The molecule has 1 aliphatic rings. The van der Waals surface area contributed by atoms with E-state index in [1.165, 1.54) is 6.42 Å². The first kappa shape index (κ1) is 14.0. The standard InChI is InChI=1S/C12H22N2O3/c1-9(13-3)12(16)17-10(2)11(15)14-7-5-4-6-8-14/h9-10,13H,4-8H2,1-3H3. The van der Waals surface area contributed by atoms with Gasteiger partial charge in [-0.05, 0) is 40.2 Å². The lowest BCUT2D eigenvalue weighted by atomic mass is 10.1. The van der Waals surface area contributed by atoms with Crippen molar-refractivity contribution in [2.24, 2.45) is 0 Å². The van der Waals surface area contributed by atoms with Crippen LogP contribution in [0.4, 0.5) is 0 Å². The molecule has 0 aliphatic carbocycles. The summed E-state index contributed by atoms with van der Waals surface area (Å²) in [5.41, 5.74) is 0. The van der Waals surface area contributed by atoms with Gasteiger partial charge in [-0.15, -0.1) is 0 Å². The van der Waals surface area contributed by atoms with Crippen molar-refractivity contribution in [2.45, 2.75) is 45.3 Å². The highest BCUT2D eigenvalue weighted by Gasteiger charge is 2.26. The van der Waals surface area contributed by atoms with Crippen LogP contribution < -0.4 is 5.32 Å². The molecule has 17 heavy (non-hydrogen) atoms. The highest BCUT2D eigenvalue weighted by atomic mass is 16.5. The molecule has 1 amide bonds. The predicted molar refractivity (Wildman–Crippen MR) is 64.5 cm³/mol. The van der Waals surface area contributed by atoms with Crippen LogP contribution >= 0.6 is 0 Å². The maximum Gasteiger partial charge on any atom is 0.323 e. The lowest BCUT2D eigenvalue weighted by Crippen LogP contribution is -2.44. The normalized spacial score (nSPS) is 19.6. The van der Waals surface area contributed by atoms with Gasteiger partial charge in [0.25, 0.3) is 5.91 Å². The number of rotatable bonds is 4. The van der Waals surface area contributed by atoms with Crippen molar-refractivity contribution in [1.82, 2.24) is 10.2 Å². The van der Waals surface area contributed by atoms with Crippen LogP contribution in [-0.2, 0) is 14.3 Å². The zero-order chi connectivity index (χ0) is 12.8. The van der Waals surface area contributed by atoms with Gasteiger partial charge in [0.05, 0.1) is 0 Å². The first-order valence-electron chi connectivity index (χ1n) is 6.22. The molecule has 1 N–H and O–H groups in total. The Morgan fingerprint density at radius 3 is 2.29 bits per heavy atom. The third-order valence-electron chi connectivity index (χ3n) is 3.10. The number of hydrogen-bond acceptors (Lipinski definition) is 4. The van der Waals surface area contributed by atoms with Gasteiger partial charge in [-0.25, -0.2) is 0 Å². The average Bonchev–Trinajstić information content (AvgIpc) is 2.37. The Labute approximate surface area is 102 Å². The molecule has 1 heterocycles. The van der Waals surface area contributed by atoms with Crippen molar-refractivity contribution in [3.8, 4) is 0 Å². The summed E-state index contributed by atoms with van der Waals surface area (Å²) in [5.74, 6) is -0.466. The molecule has 0 bridgehead atoms. The second-order valence-electron chi connectivity index (χ2n) is 4.48. The van der Waals surface area contributed by atoms with E-state index in [4.69, 9.17) is 4.74 Å². The second-order valence-corrected chi connectivity index (χ2v) is 4.48. The topological polar surface area (TPSA) is 58.6 Å². The molecule has 1 fully saturated rings. The molecule has 5 nitrogen and oxygen atoms in total. The summed E-state index contributed by atoms with van der Waals surface area (Å²) < 4.78 is 5.13. The van der Waals surface area contributed by atoms with Crippen LogP contribution in [0.1, 0.15) is 33.1 Å². The van der Waals surface area contributed by atoms with Gasteiger partial charge in [0.2, 0.25) is 0 Å². The van der Waals surface area contributed by atoms with Crippen LogP contribution in [0.3, 0.4) is 0 Å². The Hall–Kier alpha value is -1.10. The fourth-order valence-corrected chi connectivity index (χ4v) is 1.82. The summed E-state index contributed by atoms with van der Waals surface area (Å²) in [6, 6.07) is -0.383. The molecule has 1 rings (SSSR count). The maximum atomic E-state index is 12.0. The van der Waals surface area contributed by atoms with Gasteiger partial charge in [0.15, 0.2) is 6.10 Å². The number of hydrogen-bond donors (Lipinski definition) is 1. The van der Waals surface area contributed by atoms with Crippen LogP contribution in [0.2, 0.25) is 0 Å². The summed E-state index contributed by atoms with van der Waals surface area (Å²) in [6.07, 6.45) is 2.57. The molecule has 5 heteroatoms. The van der Waals surface area contributed by atoms with Crippen molar-refractivity contribution in [1.29, 1.82) is 0 Å². The summed E-state index contributed by atoms with van der Waals surface area (Å²) in [6.45, 7) is 4.91. The van der Waals surface area contributed by atoms with Crippen LogP contribution in [0.25, 0.3) is 0 Å². The van der Waals surface area contributed by atoms with Gasteiger partial charge in [0.1, 0.15) is 6.04 Å². The van der Waals surface area contributed by atoms with Crippen LogP contribution in [0, 0.1) is 0 Å². The third kappa shape index (κ3) is 4.00. The third-order valence-corrected chi connectivity index (χ3v) is 3.10. The van der Waals surface area contributed by atoms with E-state index in [-0.39, 0.29) is 17.9 Å². The average molecular weight is 242 g/mol. The molecule has 2 atom stereocenters. The van der Waals surface area contributed by atoms with Gasteiger partial charge in [0, 0.05) is 13.1 Å². The van der Waals surface area contributed by atoms with Crippen molar-refractivity contribution in [3.63, 3.8) is 0 Å². The molecule has 0 aromatic heterocycles. The highest BCUT2D eigenvalue weighted by Crippen LogP contribution is 2.11. The number of amides is 1. The van der Waals surface area contributed by atoms with E-state index in [0.29, 0.717) is 0 Å². The van der Waals surface area contributed by atoms with E-state index >= 15 is 0 Å². The Balaban J connectivity index is 2.43. The maximum absolute atomic E-state index is 12.0. The van der Waals surface area contributed by atoms with Gasteiger partial charge in [-0.2, -0.15) is 0 Å². The van der Waals surface area contributed by atoms with Crippen molar-refractivity contribution < 1.29 is 14.3 Å². The number of piperidine rings is 1. The Morgan fingerprint density at radius 1 is 1.18 bits per heavy atom. The Morgan fingerprint density at radius 2 is 1.76 bits per heavy atom. The SMILES string of the molecule is CNC(C)C(=O)OC(C)C(=O)N1CCCCC1. The molecule has 0 aromatic carbocycles. The fraction of sp³-hybridized carbons (Fsp3) is 0.833. The molecule has 98 valence electrons. The number of likely N-dealkylation sites (tertiary alicyclic amines) is 1. The van der Waals surface area contributed by atoms with Crippen LogP contribution in [0.15, 0.2) is 0 Å². The van der Waals surface area contributed by atoms with E-state index < -0.39 is 6.10 Å². The molecular weight excluding hydrogens is 220 g/mol. The van der Waals surface area contributed by atoms with Crippen molar-refractivity contribution in [2.75, 3.05) is 20.1 Å². The lowest BCUT2D eigenvalue weighted by molar-refractivity contribution is -0.160. The van der Waals surface area contributed by atoms with E-state index in [9.17, 15) is 9.59 Å². The Bertz CT molecular complexity index is 275. The molecule has 2 unspecified atom stereocenters. The van der Waals surface area contributed by atoms with Crippen molar-refractivity contribution >= 4 is 11.9 Å². The van der Waals surface area contributed by atoms with Gasteiger partial charge in [-0.3, -0.25) is 9.59 Å². The molecule has 0 radical (unpaired) electrons. The number of nitrogens with zero attached hydrogens (tertiary/aromatic N) is 1. The highest BCUT2D eigenvalue weighted by molar-refractivity contribution is 5.84. The molecule has 1 saturated heterocycles. The van der Waals surface area contributed by atoms with E-state index in [0.717, 1.165) is 25.9 Å². The van der Waals surface area contributed by atoms with Crippen LogP contribution in [0.5, 0.6) is 0 Å². The number of carbonyl (C=O) groups excluding carboxylic acids is 2. The number of ether oxygens (including phenoxy) is 1. The smallest absolute Gasteiger partial charge is 0.323 e. The summed E-state index contributed by atoms with van der Waals surface area (Å²) in [5, 5.41) is 2.79. The second kappa shape index (κ2) is 6.59. The van der Waals surface area contributed by atoms with E-state index in [1.807, 2.05) is 0 Å².